The van der Waals surface area contributed by atoms with Crippen LogP contribution in [0.3, 0.4) is 0 Å². The zero-order valence-corrected chi connectivity index (χ0v) is 29.8. The highest BCUT2D eigenvalue weighted by Gasteiger charge is 2.45. The predicted octanol–water partition coefficient (Wildman–Crippen LogP) is 5.29. The second-order valence-corrected chi connectivity index (χ2v) is 13.7. The Kier molecular flexibility index (Phi) is 10.3. The molecule has 3 aromatic carbocycles. The Morgan fingerprint density at radius 1 is 0.922 bits per heavy atom. The van der Waals surface area contributed by atoms with E-state index in [2.05, 4.69) is 37.2 Å². The summed E-state index contributed by atoms with van der Waals surface area (Å²) < 4.78 is 21.8. The molecule has 7 rings (SSSR count). The Morgan fingerprint density at radius 2 is 1.59 bits per heavy atom. The van der Waals surface area contributed by atoms with Gasteiger partial charge in [-0.1, -0.05) is 29.3 Å². The molecule has 0 bridgehead atoms. The molecule has 0 spiro atoms. The second kappa shape index (κ2) is 15.0. The van der Waals surface area contributed by atoms with E-state index in [4.69, 9.17) is 37.4 Å². The van der Waals surface area contributed by atoms with Crippen LogP contribution in [0.5, 0.6) is 5.75 Å². The molecule has 4 heterocycles. The van der Waals surface area contributed by atoms with E-state index in [-0.39, 0.29) is 11.8 Å². The number of benzene rings is 3. The van der Waals surface area contributed by atoms with Crippen molar-refractivity contribution in [2.45, 2.75) is 44.3 Å². The summed E-state index contributed by atoms with van der Waals surface area (Å²) in [5.74, 6) is -0.374. The monoisotopic (exact) mass is 731 g/mol. The minimum atomic E-state index is -1.12. The number of hydrogen-bond acceptors (Lipinski definition) is 10. The SMILES string of the molecule is CC(O)C(C)n1ncn(-c2ccc(N3CCN(c4ccc(OC[C@@H]5CO[C@@](Cc6ccnnc6)(c6ccc(Cl)cc6Cl)O5)cc4)CC3)cc2)c1=O. The molecular weight excluding hydrogens is 693 g/mol. The quantitative estimate of drug-likeness (QED) is 0.192. The Hall–Kier alpha value is -4.46. The molecular formula is C37H39Cl2N7O5. The highest BCUT2D eigenvalue weighted by atomic mass is 35.5. The fraction of sp³-hybridized carbons (Fsp3) is 0.351. The van der Waals surface area contributed by atoms with E-state index in [1.807, 2.05) is 48.5 Å². The first kappa shape index (κ1) is 35.0. The van der Waals surface area contributed by atoms with Crippen LogP contribution in [0.2, 0.25) is 10.0 Å². The zero-order valence-electron chi connectivity index (χ0n) is 28.3. The van der Waals surface area contributed by atoms with E-state index >= 15 is 0 Å². The number of piperazine rings is 1. The summed E-state index contributed by atoms with van der Waals surface area (Å²) in [5.41, 5.74) is 4.26. The van der Waals surface area contributed by atoms with Crippen molar-refractivity contribution in [2.75, 3.05) is 49.2 Å². The van der Waals surface area contributed by atoms with Crippen LogP contribution in [-0.2, 0) is 21.7 Å². The number of ether oxygens (including phenoxy) is 3. The van der Waals surface area contributed by atoms with Crippen molar-refractivity contribution >= 4 is 34.6 Å². The number of halogens is 2. The van der Waals surface area contributed by atoms with Gasteiger partial charge in [0.2, 0.25) is 5.79 Å². The topological polar surface area (TPSA) is 120 Å². The Morgan fingerprint density at radius 3 is 2.22 bits per heavy atom. The third-order valence-corrected chi connectivity index (χ3v) is 10.0. The van der Waals surface area contributed by atoms with Crippen LogP contribution in [0.4, 0.5) is 11.4 Å². The first-order valence-corrected chi connectivity index (χ1v) is 17.6. The average Bonchev–Trinajstić information content (AvgIpc) is 3.74. The highest BCUT2D eigenvalue weighted by Crippen LogP contribution is 2.41. The van der Waals surface area contributed by atoms with E-state index in [1.54, 1.807) is 38.4 Å². The third-order valence-electron chi connectivity index (χ3n) is 9.47. The molecule has 5 aromatic rings. The highest BCUT2D eigenvalue weighted by molar-refractivity contribution is 6.35. The maximum absolute atomic E-state index is 12.8. The lowest BCUT2D eigenvalue weighted by atomic mass is 9.98. The minimum absolute atomic E-state index is 0.279. The number of aliphatic hydroxyl groups is 1. The lowest BCUT2D eigenvalue weighted by Crippen LogP contribution is -2.46. The predicted molar refractivity (Wildman–Crippen MR) is 195 cm³/mol. The number of nitrogens with zero attached hydrogens (tertiary/aromatic N) is 7. The van der Waals surface area contributed by atoms with Crippen LogP contribution in [0.15, 0.2) is 96.3 Å². The molecule has 2 aliphatic rings. The van der Waals surface area contributed by atoms with Crippen LogP contribution in [-0.4, -0.2) is 81.3 Å². The normalized spacial score (nSPS) is 20.4. The van der Waals surface area contributed by atoms with Crippen molar-refractivity contribution in [2.24, 2.45) is 0 Å². The molecule has 2 aromatic heterocycles. The maximum Gasteiger partial charge on any atom is 0.350 e. The van der Waals surface area contributed by atoms with Gasteiger partial charge in [0.05, 0.1) is 35.7 Å². The summed E-state index contributed by atoms with van der Waals surface area (Å²) in [6.45, 7) is 7.48. The summed E-state index contributed by atoms with van der Waals surface area (Å²) in [6.07, 6.45) is 4.20. The summed E-state index contributed by atoms with van der Waals surface area (Å²) in [4.78, 5) is 17.5. The van der Waals surface area contributed by atoms with Gasteiger partial charge in [0.1, 0.15) is 24.8 Å². The molecule has 0 amide bonds. The first-order valence-electron chi connectivity index (χ1n) is 16.9. The molecule has 2 unspecified atom stereocenters. The van der Waals surface area contributed by atoms with Gasteiger partial charge in [-0.15, -0.1) is 0 Å². The fourth-order valence-corrected chi connectivity index (χ4v) is 6.98. The minimum Gasteiger partial charge on any atom is -0.491 e. The zero-order chi connectivity index (χ0) is 35.5. The van der Waals surface area contributed by atoms with Gasteiger partial charge >= 0.3 is 5.69 Å². The molecule has 12 nitrogen and oxygen atoms in total. The number of aromatic nitrogens is 5. The van der Waals surface area contributed by atoms with Gasteiger partial charge in [0, 0.05) is 60.8 Å². The second-order valence-electron chi connectivity index (χ2n) is 12.9. The number of aliphatic hydroxyl groups excluding tert-OH is 1. The summed E-state index contributed by atoms with van der Waals surface area (Å²) in [6, 6.07) is 22.8. The van der Waals surface area contributed by atoms with Crippen molar-refractivity contribution in [3.8, 4) is 11.4 Å². The standard InChI is InChI=1S/C37H39Cl2N7O5/c1-25(26(2)47)46-36(48)45(24-42-46)31-6-4-29(5-7-31)43-15-17-44(18-16-43)30-8-10-32(11-9-30)49-22-33-23-50-37(51-33,20-27-13-14-40-41-21-27)34-12-3-28(38)19-35(34)39/h3-14,19,21,24-26,33,47H,15-18,20,22-23H2,1-2H3/t25?,26?,33-,37-/m1/s1. The van der Waals surface area contributed by atoms with E-state index in [9.17, 15) is 9.90 Å². The largest absolute Gasteiger partial charge is 0.491 e. The van der Waals surface area contributed by atoms with Gasteiger partial charge in [0.15, 0.2) is 0 Å². The number of anilines is 2. The molecule has 2 saturated heterocycles. The Balaban J connectivity index is 0.928. The van der Waals surface area contributed by atoms with Gasteiger partial charge in [-0.2, -0.15) is 15.3 Å². The fourth-order valence-electron chi connectivity index (χ4n) is 6.43. The Labute approximate surface area is 305 Å². The lowest BCUT2D eigenvalue weighted by Gasteiger charge is -2.37. The van der Waals surface area contributed by atoms with Crippen molar-refractivity contribution < 1.29 is 19.3 Å². The molecule has 1 N–H and O–H groups in total. The van der Waals surface area contributed by atoms with Crippen LogP contribution in [0, 0.1) is 0 Å². The van der Waals surface area contributed by atoms with Crippen LogP contribution < -0.4 is 20.2 Å². The van der Waals surface area contributed by atoms with Crippen LogP contribution in [0.1, 0.15) is 31.0 Å². The maximum atomic E-state index is 12.8. The van der Waals surface area contributed by atoms with E-state index in [0.29, 0.717) is 35.2 Å². The average molecular weight is 733 g/mol. The van der Waals surface area contributed by atoms with E-state index < -0.39 is 17.9 Å². The molecule has 266 valence electrons. The van der Waals surface area contributed by atoms with Crippen molar-refractivity contribution in [3.63, 3.8) is 0 Å². The van der Waals surface area contributed by atoms with Gasteiger partial charge in [-0.25, -0.2) is 14.0 Å². The molecule has 4 atom stereocenters. The van der Waals surface area contributed by atoms with Gasteiger partial charge in [-0.05, 0) is 86.1 Å². The molecule has 2 fully saturated rings. The van der Waals surface area contributed by atoms with E-state index in [0.717, 1.165) is 54.6 Å². The lowest BCUT2D eigenvalue weighted by molar-refractivity contribution is -0.178. The van der Waals surface area contributed by atoms with Crippen LogP contribution >= 0.6 is 23.2 Å². The first-order chi connectivity index (χ1) is 24.7. The summed E-state index contributed by atoms with van der Waals surface area (Å²) >= 11 is 12.8. The summed E-state index contributed by atoms with van der Waals surface area (Å²) in [7, 11) is 0. The smallest absolute Gasteiger partial charge is 0.350 e. The molecule has 2 aliphatic heterocycles. The van der Waals surface area contributed by atoms with Gasteiger partial charge in [0.25, 0.3) is 0 Å². The molecule has 14 heteroatoms. The number of rotatable bonds is 11. The molecule has 51 heavy (non-hydrogen) atoms. The molecule has 0 radical (unpaired) electrons. The van der Waals surface area contributed by atoms with E-state index in [1.165, 1.54) is 15.6 Å². The van der Waals surface area contributed by atoms with Crippen molar-refractivity contribution in [1.29, 1.82) is 0 Å². The summed E-state index contributed by atoms with van der Waals surface area (Å²) in [5, 5.41) is 22.9. The number of hydrogen-bond donors (Lipinski definition) is 1. The van der Waals surface area contributed by atoms with Gasteiger partial charge < -0.3 is 29.1 Å². The van der Waals surface area contributed by atoms with Crippen molar-refractivity contribution in [1.82, 2.24) is 24.5 Å². The van der Waals surface area contributed by atoms with Crippen LogP contribution in [0.25, 0.3) is 5.69 Å². The van der Waals surface area contributed by atoms with Gasteiger partial charge in [-0.3, -0.25) is 0 Å². The molecule has 0 saturated carbocycles. The third kappa shape index (κ3) is 7.61. The van der Waals surface area contributed by atoms with Crippen molar-refractivity contribution in [3.05, 3.63) is 123 Å². The Bertz CT molecular complexity index is 1980. The molecule has 0 aliphatic carbocycles.